The third kappa shape index (κ3) is 2.57. The van der Waals surface area contributed by atoms with E-state index in [2.05, 4.69) is 15.6 Å². The molecule has 0 radical (unpaired) electrons. The minimum Gasteiger partial charge on any atom is -0.449 e. The number of furan rings is 1. The van der Waals surface area contributed by atoms with Crippen molar-refractivity contribution in [1.29, 1.82) is 0 Å². The Balaban J connectivity index is 1.93. The first-order valence-corrected chi connectivity index (χ1v) is 5.15. The molecule has 6 heteroatoms. The number of rotatable bonds is 2. The Morgan fingerprint density at radius 3 is 3.00 bits per heavy atom. The van der Waals surface area contributed by atoms with Gasteiger partial charge in [-0.25, -0.2) is 9.78 Å². The van der Waals surface area contributed by atoms with Gasteiger partial charge in [0, 0.05) is 11.4 Å². The van der Waals surface area contributed by atoms with Gasteiger partial charge in [0.2, 0.25) is 5.88 Å². The number of nitrogens with one attached hydrogen (secondary N) is 2. The van der Waals surface area contributed by atoms with Gasteiger partial charge in [-0.05, 0) is 13.0 Å². The van der Waals surface area contributed by atoms with Crippen LogP contribution in [0.4, 0.5) is 15.8 Å². The molecule has 2 aromatic heterocycles. The largest absolute Gasteiger partial charge is 0.449 e. The summed E-state index contributed by atoms with van der Waals surface area (Å²) in [5.41, 5.74) is 0.883. The molecule has 2 heterocycles. The molecule has 0 saturated heterocycles. The lowest BCUT2D eigenvalue weighted by Gasteiger charge is -2.00. The lowest BCUT2D eigenvalue weighted by atomic mass is 10.6. The zero-order chi connectivity index (χ0) is 10.7. The van der Waals surface area contributed by atoms with E-state index in [1.165, 1.54) is 17.6 Å². The highest BCUT2D eigenvalue weighted by atomic mass is 32.1. The predicted molar refractivity (Wildman–Crippen MR) is 58.2 cm³/mol. The van der Waals surface area contributed by atoms with E-state index in [1.54, 1.807) is 12.1 Å². The normalized spacial score (nSPS) is 9.93. The zero-order valence-corrected chi connectivity index (χ0v) is 8.80. The van der Waals surface area contributed by atoms with Crippen molar-refractivity contribution in [2.24, 2.45) is 0 Å². The maximum atomic E-state index is 11.4. The van der Waals surface area contributed by atoms with Crippen LogP contribution < -0.4 is 10.6 Å². The topological polar surface area (TPSA) is 67.2 Å². The molecular formula is C9H9N3O2S. The lowest BCUT2D eigenvalue weighted by molar-refractivity contribution is 0.261. The van der Waals surface area contributed by atoms with Crippen LogP contribution in [0.1, 0.15) is 5.69 Å². The van der Waals surface area contributed by atoms with Gasteiger partial charge in [-0.3, -0.25) is 10.6 Å². The first-order valence-electron chi connectivity index (χ1n) is 4.28. The highest BCUT2D eigenvalue weighted by Gasteiger charge is 2.06. The second-order valence-corrected chi connectivity index (χ2v) is 3.71. The molecule has 2 rings (SSSR count). The predicted octanol–water partition coefficient (Wildman–Crippen LogP) is 2.69. The van der Waals surface area contributed by atoms with Gasteiger partial charge < -0.3 is 4.42 Å². The molecule has 0 spiro atoms. The maximum absolute atomic E-state index is 11.4. The molecule has 0 bridgehead atoms. The summed E-state index contributed by atoms with van der Waals surface area (Å²) < 4.78 is 4.96. The summed E-state index contributed by atoms with van der Waals surface area (Å²) >= 11 is 1.38. The summed E-state index contributed by atoms with van der Waals surface area (Å²) in [5, 5.41) is 7.56. The SMILES string of the molecule is Cc1csc(NC(=O)Nc2ccco2)n1. The summed E-state index contributed by atoms with van der Waals surface area (Å²) in [6.45, 7) is 1.87. The number of urea groups is 1. The van der Waals surface area contributed by atoms with E-state index in [0.717, 1.165) is 5.69 Å². The van der Waals surface area contributed by atoms with Crippen LogP contribution in [0.15, 0.2) is 28.2 Å². The fourth-order valence-corrected chi connectivity index (χ4v) is 1.68. The Morgan fingerprint density at radius 1 is 1.53 bits per heavy atom. The van der Waals surface area contributed by atoms with E-state index in [4.69, 9.17) is 4.42 Å². The minimum absolute atomic E-state index is 0.362. The van der Waals surface area contributed by atoms with Crippen molar-refractivity contribution >= 4 is 28.4 Å². The minimum atomic E-state index is -0.362. The molecule has 2 amide bonds. The summed E-state index contributed by atoms with van der Waals surface area (Å²) in [6, 6.07) is 3.00. The van der Waals surface area contributed by atoms with Gasteiger partial charge in [0.05, 0.1) is 12.0 Å². The fourth-order valence-electron chi connectivity index (χ4n) is 1.00. The number of hydrogen-bond acceptors (Lipinski definition) is 4. The van der Waals surface area contributed by atoms with Gasteiger partial charge in [0.1, 0.15) is 0 Å². The van der Waals surface area contributed by atoms with E-state index in [0.29, 0.717) is 11.0 Å². The van der Waals surface area contributed by atoms with Crippen molar-refractivity contribution in [3.8, 4) is 0 Å². The van der Waals surface area contributed by atoms with Gasteiger partial charge in [-0.15, -0.1) is 11.3 Å². The Morgan fingerprint density at radius 2 is 2.40 bits per heavy atom. The lowest BCUT2D eigenvalue weighted by Crippen LogP contribution is -2.18. The second-order valence-electron chi connectivity index (χ2n) is 2.85. The van der Waals surface area contributed by atoms with Crippen LogP contribution in [0.5, 0.6) is 0 Å². The number of carbonyl (C=O) groups is 1. The van der Waals surface area contributed by atoms with Crippen molar-refractivity contribution < 1.29 is 9.21 Å². The average molecular weight is 223 g/mol. The second kappa shape index (κ2) is 4.14. The van der Waals surface area contributed by atoms with E-state index in [1.807, 2.05) is 12.3 Å². The molecule has 0 aromatic carbocycles. The Labute approximate surface area is 90.1 Å². The Kier molecular flexibility index (Phi) is 2.68. The fraction of sp³-hybridized carbons (Fsp3) is 0.111. The third-order valence-corrected chi connectivity index (χ3v) is 2.47. The molecule has 2 aromatic rings. The van der Waals surface area contributed by atoms with Gasteiger partial charge in [0.25, 0.3) is 0 Å². The molecule has 0 aliphatic rings. The molecule has 5 nitrogen and oxygen atoms in total. The number of aryl methyl sites for hydroxylation is 1. The molecule has 0 saturated carbocycles. The number of thiazole rings is 1. The molecule has 2 N–H and O–H groups in total. The summed E-state index contributed by atoms with van der Waals surface area (Å²) in [6.07, 6.45) is 1.49. The number of carbonyl (C=O) groups excluding carboxylic acids is 1. The van der Waals surface area contributed by atoms with E-state index < -0.39 is 0 Å². The van der Waals surface area contributed by atoms with E-state index >= 15 is 0 Å². The van der Waals surface area contributed by atoms with Crippen molar-refractivity contribution in [3.05, 3.63) is 29.5 Å². The van der Waals surface area contributed by atoms with Crippen LogP contribution in [0, 0.1) is 6.92 Å². The highest BCUT2D eigenvalue weighted by molar-refractivity contribution is 7.13. The Hall–Kier alpha value is -1.82. The van der Waals surface area contributed by atoms with Crippen LogP contribution in [0.25, 0.3) is 0 Å². The van der Waals surface area contributed by atoms with Crippen LogP contribution in [0.3, 0.4) is 0 Å². The number of aromatic nitrogens is 1. The van der Waals surface area contributed by atoms with Crippen molar-refractivity contribution in [3.63, 3.8) is 0 Å². The molecule has 78 valence electrons. The highest BCUT2D eigenvalue weighted by Crippen LogP contribution is 2.15. The van der Waals surface area contributed by atoms with Gasteiger partial charge in [-0.2, -0.15) is 0 Å². The number of nitrogens with zero attached hydrogens (tertiary/aromatic N) is 1. The van der Waals surface area contributed by atoms with Crippen molar-refractivity contribution in [1.82, 2.24) is 4.98 Å². The average Bonchev–Trinajstić information content (AvgIpc) is 2.77. The monoisotopic (exact) mass is 223 g/mol. The van der Waals surface area contributed by atoms with Gasteiger partial charge in [-0.1, -0.05) is 0 Å². The molecule has 0 unspecified atom stereocenters. The van der Waals surface area contributed by atoms with E-state index in [9.17, 15) is 4.79 Å². The molecule has 0 atom stereocenters. The smallest absolute Gasteiger partial charge is 0.327 e. The van der Waals surface area contributed by atoms with Crippen molar-refractivity contribution in [2.75, 3.05) is 10.6 Å². The molecular weight excluding hydrogens is 214 g/mol. The molecule has 0 fully saturated rings. The summed E-state index contributed by atoms with van der Waals surface area (Å²) in [7, 11) is 0. The van der Waals surface area contributed by atoms with Crippen molar-refractivity contribution in [2.45, 2.75) is 6.92 Å². The number of amides is 2. The maximum Gasteiger partial charge on any atom is 0.327 e. The van der Waals surface area contributed by atoms with E-state index in [-0.39, 0.29) is 6.03 Å². The summed E-state index contributed by atoms with van der Waals surface area (Å²) in [4.78, 5) is 15.5. The number of anilines is 2. The number of hydrogen-bond donors (Lipinski definition) is 2. The molecule has 0 aliphatic heterocycles. The molecule has 0 aliphatic carbocycles. The quantitative estimate of drug-likeness (QED) is 0.822. The summed E-state index contributed by atoms with van der Waals surface area (Å²) in [5.74, 6) is 0.403. The Bertz CT molecular complexity index is 450. The zero-order valence-electron chi connectivity index (χ0n) is 7.98. The standard InChI is InChI=1S/C9H9N3O2S/c1-6-5-15-9(10-6)12-8(13)11-7-3-2-4-14-7/h2-5H,1H3,(H2,10,11,12,13). The first kappa shape index (κ1) is 9.72. The third-order valence-electron chi connectivity index (χ3n) is 1.60. The van der Waals surface area contributed by atoms with Gasteiger partial charge in [0.15, 0.2) is 5.13 Å². The van der Waals surface area contributed by atoms with Gasteiger partial charge >= 0.3 is 6.03 Å². The molecule has 15 heavy (non-hydrogen) atoms. The van der Waals surface area contributed by atoms with Crippen LogP contribution >= 0.6 is 11.3 Å². The first-order chi connectivity index (χ1) is 7.24. The van der Waals surface area contributed by atoms with Crippen LogP contribution in [-0.4, -0.2) is 11.0 Å². The van der Waals surface area contributed by atoms with Crippen LogP contribution in [0.2, 0.25) is 0 Å². The van der Waals surface area contributed by atoms with Crippen LogP contribution in [-0.2, 0) is 0 Å².